The van der Waals surface area contributed by atoms with Crippen molar-refractivity contribution >= 4 is 17.7 Å². The minimum atomic E-state index is -0.206. The maximum atomic E-state index is 10.9. The molecule has 2 aliphatic heterocycles. The molecule has 0 saturated heterocycles. The van der Waals surface area contributed by atoms with Gasteiger partial charge >= 0.3 is 0 Å². The number of allylic oxidation sites excluding steroid dienone is 2. The molecule has 3 nitrogen and oxygen atoms in total. The molecule has 12 heavy (non-hydrogen) atoms. The summed E-state index contributed by atoms with van der Waals surface area (Å²) in [5.41, 5.74) is 6.49. The number of carbonyl (C=O) groups excluding carboxylic acids is 1. The van der Waals surface area contributed by atoms with Crippen molar-refractivity contribution in [3.05, 3.63) is 22.8 Å². The highest BCUT2D eigenvalue weighted by atomic mass is 32.2. The first-order valence-corrected chi connectivity index (χ1v) is 4.73. The van der Waals surface area contributed by atoms with Crippen LogP contribution >= 0.6 is 11.8 Å². The van der Waals surface area contributed by atoms with Crippen LogP contribution in [0.25, 0.3) is 0 Å². The van der Waals surface area contributed by atoms with Crippen LogP contribution in [-0.4, -0.2) is 17.7 Å². The summed E-state index contributed by atoms with van der Waals surface area (Å²) in [5, 5.41) is 3.06. The van der Waals surface area contributed by atoms with Gasteiger partial charge in [-0.25, -0.2) is 0 Å². The van der Waals surface area contributed by atoms with E-state index in [2.05, 4.69) is 5.32 Å². The molecule has 0 bridgehead atoms. The molecule has 0 aromatic heterocycles. The number of hydrogen-bond acceptors (Lipinski definition) is 3. The van der Waals surface area contributed by atoms with Crippen molar-refractivity contribution in [2.75, 3.05) is 6.54 Å². The van der Waals surface area contributed by atoms with E-state index >= 15 is 0 Å². The van der Waals surface area contributed by atoms with E-state index in [1.54, 1.807) is 11.8 Å². The average Bonchev–Trinajstić information content (AvgIpc) is 2.46. The van der Waals surface area contributed by atoms with Gasteiger partial charge in [0, 0.05) is 11.4 Å². The van der Waals surface area contributed by atoms with E-state index in [-0.39, 0.29) is 11.2 Å². The summed E-state index contributed by atoms with van der Waals surface area (Å²) in [4.78, 5) is 12.1. The summed E-state index contributed by atoms with van der Waals surface area (Å²) in [6.45, 7) is 0.848. The zero-order valence-electron chi connectivity index (χ0n) is 6.54. The molecule has 0 radical (unpaired) electrons. The third-order valence-electron chi connectivity index (χ3n) is 2.03. The molecule has 1 amide bonds. The highest BCUT2D eigenvalue weighted by Gasteiger charge is 2.28. The normalized spacial score (nSPS) is 26.8. The van der Waals surface area contributed by atoms with Gasteiger partial charge in [0.2, 0.25) is 5.91 Å². The lowest BCUT2D eigenvalue weighted by Crippen LogP contribution is -2.23. The number of nitrogens with two attached hydrogens (primary N) is 1. The zero-order valence-corrected chi connectivity index (χ0v) is 7.36. The SMILES string of the molecule is NC(=O)C1CC2=C(CNC=C2)S1. The van der Waals surface area contributed by atoms with Crippen molar-refractivity contribution in [2.45, 2.75) is 11.7 Å². The summed E-state index contributed by atoms with van der Waals surface area (Å²) >= 11 is 1.59. The Bertz CT molecular complexity index is 283. The molecule has 1 atom stereocenters. The molecule has 2 heterocycles. The Morgan fingerprint density at radius 2 is 2.58 bits per heavy atom. The molecule has 0 aromatic carbocycles. The van der Waals surface area contributed by atoms with Crippen LogP contribution in [0.2, 0.25) is 0 Å². The third kappa shape index (κ3) is 1.22. The minimum Gasteiger partial charge on any atom is -0.386 e. The number of rotatable bonds is 1. The van der Waals surface area contributed by atoms with E-state index in [1.165, 1.54) is 10.5 Å². The Labute approximate surface area is 75.1 Å². The predicted octanol–water partition coefficient (Wildman–Crippen LogP) is 0.348. The second-order valence-electron chi connectivity index (χ2n) is 2.88. The molecule has 64 valence electrons. The topological polar surface area (TPSA) is 55.1 Å². The third-order valence-corrected chi connectivity index (χ3v) is 3.40. The first-order valence-electron chi connectivity index (χ1n) is 3.85. The second kappa shape index (κ2) is 2.86. The molecule has 2 aliphatic rings. The predicted molar refractivity (Wildman–Crippen MR) is 49.4 cm³/mol. The molecular weight excluding hydrogens is 172 g/mol. The zero-order chi connectivity index (χ0) is 8.55. The Hall–Kier alpha value is -0.900. The van der Waals surface area contributed by atoms with E-state index in [1.807, 2.05) is 12.3 Å². The Morgan fingerprint density at radius 1 is 1.75 bits per heavy atom. The van der Waals surface area contributed by atoms with Crippen LogP contribution in [0.3, 0.4) is 0 Å². The van der Waals surface area contributed by atoms with Crippen molar-refractivity contribution < 1.29 is 4.79 Å². The van der Waals surface area contributed by atoms with Gasteiger partial charge in [-0.2, -0.15) is 0 Å². The number of dihydropyridines is 1. The second-order valence-corrected chi connectivity index (χ2v) is 4.17. The molecular formula is C8H10N2OS. The molecule has 3 N–H and O–H groups in total. The lowest BCUT2D eigenvalue weighted by atomic mass is 10.1. The molecule has 0 fully saturated rings. The number of amides is 1. The summed E-state index contributed by atoms with van der Waals surface area (Å²) in [5.74, 6) is -0.206. The highest BCUT2D eigenvalue weighted by Crippen LogP contribution is 2.38. The van der Waals surface area contributed by atoms with Crippen molar-refractivity contribution in [1.29, 1.82) is 0 Å². The van der Waals surface area contributed by atoms with Gasteiger partial charge in [0.15, 0.2) is 0 Å². The number of nitrogens with one attached hydrogen (secondary N) is 1. The largest absolute Gasteiger partial charge is 0.386 e. The van der Waals surface area contributed by atoms with Crippen LogP contribution in [0, 0.1) is 0 Å². The molecule has 4 heteroatoms. The summed E-state index contributed by atoms with van der Waals surface area (Å²) < 4.78 is 0. The van der Waals surface area contributed by atoms with Gasteiger partial charge < -0.3 is 11.1 Å². The Morgan fingerprint density at radius 3 is 3.25 bits per heavy atom. The summed E-state index contributed by atoms with van der Waals surface area (Å²) in [7, 11) is 0. The molecule has 0 saturated carbocycles. The molecule has 0 aromatic rings. The number of carbonyl (C=O) groups is 1. The standard InChI is InChI=1S/C8H10N2OS/c9-8(11)6-3-5-1-2-10-4-7(5)12-6/h1-2,6,10H,3-4H2,(H2,9,11). The van der Waals surface area contributed by atoms with Crippen LogP contribution in [0.5, 0.6) is 0 Å². The average molecular weight is 182 g/mol. The van der Waals surface area contributed by atoms with E-state index < -0.39 is 0 Å². The van der Waals surface area contributed by atoms with Gasteiger partial charge in [0.25, 0.3) is 0 Å². The maximum absolute atomic E-state index is 10.9. The van der Waals surface area contributed by atoms with E-state index in [4.69, 9.17) is 5.73 Å². The quantitative estimate of drug-likeness (QED) is 0.615. The van der Waals surface area contributed by atoms with Crippen molar-refractivity contribution in [3.63, 3.8) is 0 Å². The van der Waals surface area contributed by atoms with Gasteiger partial charge in [0.05, 0.1) is 5.25 Å². The molecule has 0 spiro atoms. The van der Waals surface area contributed by atoms with Crippen molar-refractivity contribution in [2.24, 2.45) is 5.73 Å². The van der Waals surface area contributed by atoms with Gasteiger partial charge in [-0.3, -0.25) is 4.79 Å². The highest BCUT2D eigenvalue weighted by molar-refractivity contribution is 8.04. The first-order chi connectivity index (χ1) is 5.77. The lowest BCUT2D eigenvalue weighted by molar-refractivity contribution is -0.117. The van der Waals surface area contributed by atoms with Crippen LogP contribution in [0.1, 0.15) is 6.42 Å². The lowest BCUT2D eigenvalue weighted by Gasteiger charge is -2.08. The summed E-state index contributed by atoms with van der Waals surface area (Å²) in [6, 6.07) is 0. The molecule has 0 aliphatic carbocycles. The van der Waals surface area contributed by atoms with Crippen molar-refractivity contribution in [3.8, 4) is 0 Å². The Kier molecular flexibility index (Phi) is 1.84. The van der Waals surface area contributed by atoms with E-state index in [0.717, 1.165) is 13.0 Å². The van der Waals surface area contributed by atoms with E-state index in [0.29, 0.717) is 0 Å². The minimum absolute atomic E-state index is 0.0421. The van der Waals surface area contributed by atoms with Gasteiger partial charge in [0.1, 0.15) is 0 Å². The summed E-state index contributed by atoms with van der Waals surface area (Å²) in [6.07, 6.45) is 4.74. The number of thioether (sulfide) groups is 1. The fourth-order valence-corrected chi connectivity index (χ4v) is 2.58. The van der Waals surface area contributed by atoms with Gasteiger partial charge in [-0.1, -0.05) is 0 Å². The first kappa shape index (κ1) is 7.73. The molecule has 2 rings (SSSR count). The molecule has 1 unspecified atom stereocenters. The van der Waals surface area contributed by atoms with Crippen LogP contribution in [0.15, 0.2) is 22.8 Å². The van der Waals surface area contributed by atoms with Crippen LogP contribution in [0.4, 0.5) is 0 Å². The fraction of sp³-hybridized carbons (Fsp3) is 0.375. The van der Waals surface area contributed by atoms with Crippen LogP contribution in [-0.2, 0) is 4.79 Å². The monoisotopic (exact) mass is 182 g/mol. The fourth-order valence-electron chi connectivity index (χ4n) is 1.39. The van der Waals surface area contributed by atoms with Gasteiger partial charge in [-0.05, 0) is 24.3 Å². The maximum Gasteiger partial charge on any atom is 0.231 e. The Balaban J connectivity index is 2.12. The smallest absolute Gasteiger partial charge is 0.231 e. The van der Waals surface area contributed by atoms with Crippen molar-refractivity contribution in [1.82, 2.24) is 5.32 Å². The number of primary amides is 1. The number of hydrogen-bond donors (Lipinski definition) is 2. The van der Waals surface area contributed by atoms with Gasteiger partial charge in [-0.15, -0.1) is 11.8 Å². The van der Waals surface area contributed by atoms with E-state index in [9.17, 15) is 4.79 Å². The van der Waals surface area contributed by atoms with Crippen LogP contribution < -0.4 is 11.1 Å².